The maximum atomic E-state index is 12.5. The molecular formula is C25H25NO2S2. The van der Waals surface area contributed by atoms with Crippen LogP contribution in [-0.2, 0) is 10.0 Å². The zero-order valence-electron chi connectivity index (χ0n) is 16.9. The Kier molecular flexibility index (Phi) is 6.32. The highest BCUT2D eigenvalue weighted by atomic mass is 32.2. The van der Waals surface area contributed by atoms with Crippen LogP contribution in [0.15, 0.2) is 89.8 Å². The van der Waals surface area contributed by atoms with Crippen molar-refractivity contribution in [3.8, 4) is 0 Å². The van der Waals surface area contributed by atoms with Gasteiger partial charge in [0.15, 0.2) is 0 Å². The molecule has 5 heteroatoms. The summed E-state index contributed by atoms with van der Waals surface area (Å²) in [6, 6.07) is 28.1. The van der Waals surface area contributed by atoms with E-state index >= 15 is 0 Å². The Morgan fingerprint density at radius 1 is 0.900 bits per heavy atom. The summed E-state index contributed by atoms with van der Waals surface area (Å²) in [5.74, 6) is 0.257. The number of hydrogen-bond donors (Lipinski definition) is 1. The van der Waals surface area contributed by atoms with Gasteiger partial charge in [0.05, 0.1) is 4.90 Å². The van der Waals surface area contributed by atoms with Crippen molar-refractivity contribution >= 4 is 31.4 Å². The number of rotatable bonds is 8. The minimum absolute atomic E-state index is 0.257. The number of benzene rings is 3. The van der Waals surface area contributed by atoms with Crippen LogP contribution in [0.25, 0.3) is 10.1 Å². The maximum Gasteiger partial charge on any atom is 0.240 e. The van der Waals surface area contributed by atoms with Gasteiger partial charge < -0.3 is 0 Å². The first kappa shape index (κ1) is 20.8. The molecule has 0 aliphatic heterocycles. The second kappa shape index (κ2) is 9.13. The molecule has 0 aliphatic carbocycles. The van der Waals surface area contributed by atoms with Gasteiger partial charge in [-0.2, -0.15) is 0 Å². The van der Waals surface area contributed by atoms with E-state index in [0.717, 1.165) is 18.4 Å². The summed E-state index contributed by atoms with van der Waals surface area (Å²) in [5, 5.41) is 1.26. The third-order valence-corrected chi connectivity index (χ3v) is 7.99. The average Bonchev–Trinajstić information content (AvgIpc) is 3.18. The normalized spacial score (nSPS) is 12.8. The van der Waals surface area contributed by atoms with Crippen molar-refractivity contribution in [3.05, 3.63) is 101 Å². The second-order valence-electron chi connectivity index (χ2n) is 7.50. The molecule has 1 unspecified atom stereocenters. The fraction of sp³-hybridized carbons (Fsp3) is 0.200. The molecule has 3 aromatic carbocycles. The molecule has 0 fully saturated rings. The standard InChI is InChI=1S/C25H25NO2S2/c1-19-13-15-22(16-14-19)30(27,28)26-17-7-11-23(20-8-3-2-4-9-20)25-18-21-10-5-6-12-24(21)29-25/h2-6,8-10,12-16,18,23,26H,7,11,17H2,1H3. The van der Waals surface area contributed by atoms with Crippen LogP contribution in [0.4, 0.5) is 0 Å². The topological polar surface area (TPSA) is 46.2 Å². The molecule has 154 valence electrons. The molecule has 1 heterocycles. The number of hydrogen-bond acceptors (Lipinski definition) is 3. The van der Waals surface area contributed by atoms with Gasteiger partial charge in [0.1, 0.15) is 0 Å². The van der Waals surface area contributed by atoms with Crippen LogP contribution in [-0.4, -0.2) is 15.0 Å². The highest BCUT2D eigenvalue weighted by Crippen LogP contribution is 2.37. The van der Waals surface area contributed by atoms with Gasteiger partial charge in [0.2, 0.25) is 10.0 Å². The van der Waals surface area contributed by atoms with E-state index in [2.05, 4.69) is 59.3 Å². The van der Waals surface area contributed by atoms with Crippen LogP contribution in [0.2, 0.25) is 0 Å². The van der Waals surface area contributed by atoms with E-state index in [9.17, 15) is 8.42 Å². The molecule has 4 rings (SSSR count). The van der Waals surface area contributed by atoms with Crippen molar-refractivity contribution in [3.63, 3.8) is 0 Å². The Balaban J connectivity index is 1.47. The minimum Gasteiger partial charge on any atom is -0.211 e. The first-order valence-corrected chi connectivity index (χ1v) is 12.4. The summed E-state index contributed by atoms with van der Waals surface area (Å²) in [5.41, 5.74) is 2.31. The Morgan fingerprint density at radius 3 is 2.33 bits per heavy atom. The lowest BCUT2D eigenvalue weighted by Crippen LogP contribution is -2.25. The maximum absolute atomic E-state index is 12.5. The SMILES string of the molecule is Cc1ccc(S(=O)(=O)NCCCC(c2ccccc2)c2cc3ccccc3s2)cc1. The van der Waals surface area contributed by atoms with Crippen molar-refractivity contribution in [2.75, 3.05) is 6.54 Å². The van der Waals surface area contributed by atoms with E-state index in [1.54, 1.807) is 12.1 Å². The van der Waals surface area contributed by atoms with E-state index in [-0.39, 0.29) is 5.92 Å². The first-order chi connectivity index (χ1) is 14.5. The van der Waals surface area contributed by atoms with Gasteiger partial charge in [-0.25, -0.2) is 13.1 Å². The van der Waals surface area contributed by atoms with Gasteiger partial charge in [0, 0.05) is 22.0 Å². The van der Waals surface area contributed by atoms with E-state index in [0.29, 0.717) is 11.4 Å². The van der Waals surface area contributed by atoms with Crippen LogP contribution < -0.4 is 4.72 Å². The molecule has 0 amide bonds. The quantitative estimate of drug-likeness (QED) is 0.340. The lowest BCUT2D eigenvalue weighted by atomic mass is 9.92. The molecule has 1 atom stereocenters. The van der Waals surface area contributed by atoms with Gasteiger partial charge in [-0.05, 0) is 55.0 Å². The minimum atomic E-state index is -3.47. The largest absolute Gasteiger partial charge is 0.240 e. The molecule has 0 spiro atoms. The van der Waals surface area contributed by atoms with Gasteiger partial charge in [-0.3, -0.25) is 0 Å². The van der Waals surface area contributed by atoms with Crippen LogP contribution in [0.3, 0.4) is 0 Å². The fourth-order valence-corrected chi connectivity index (χ4v) is 5.95. The molecule has 0 saturated heterocycles. The smallest absolute Gasteiger partial charge is 0.211 e. The second-order valence-corrected chi connectivity index (χ2v) is 10.4. The molecule has 0 aliphatic rings. The zero-order chi connectivity index (χ0) is 21.0. The number of nitrogens with one attached hydrogen (secondary N) is 1. The highest BCUT2D eigenvalue weighted by molar-refractivity contribution is 7.89. The molecule has 0 bridgehead atoms. The monoisotopic (exact) mass is 435 g/mol. The lowest BCUT2D eigenvalue weighted by Gasteiger charge is -2.16. The van der Waals surface area contributed by atoms with Gasteiger partial charge in [-0.15, -0.1) is 11.3 Å². The predicted octanol–water partition coefficient (Wildman–Crippen LogP) is 6.10. The number of aryl methyl sites for hydroxylation is 1. The number of fused-ring (bicyclic) bond motifs is 1. The summed E-state index contributed by atoms with van der Waals surface area (Å²) in [4.78, 5) is 1.64. The van der Waals surface area contributed by atoms with Gasteiger partial charge in [-0.1, -0.05) is 66.2 Å². The summed E-state index contributed by atoms with van der Waals surface area (Å²) in [7, 11) is -3.47. The van der Waals surface area contributed by atoms with Gasteiger partial charge >= 0.3 is 0 Å². The number of thiophene rings is 1. The predicted molar refractivity (Wildman–Crippen MR) is 126 cm³/mol. The first-order valence-electron chi connectivity index (χ1n) is 10.1. The van der Waals surface area contributed by atoms with Crippen molar-refractivity contribution in [2.45, 2.75) is 30.6 Å². The number of sulfonamides is 1. The molecule has 4 aromatic rings. The highest BCUT2D eigenvalue weighted by Gasteiger charge is 2.18. The molecule has 3 nitrogen and oxygen atoms in total. The van der Waals surface area contributed by atoms with E-state index in [1.807, 2.05) is 36.5 Å². The third kappa shape index (κ3) is 4.81. The molecular weight excluding hydrogens is 410 g/mol. The molecule has 1 N–H and O–H groups in total. The summed E-state index contributed by atoms with van der Waals surface area (Å²) >= 11 is 1.82. The average molecular weight is 436 g/mol. The van der Waals surface area contributed by atoms with Crippen LogP contribution >= 0.6 is 11.3 Å². The van der Waals surface area contributed by atoms with E-state index < -0.39 is 10.0 Å². The van der Waals surface area contributed by atoms with Crippen LogP contribution in [0.1, 0.15) is 34.8 Å². The molecule has 1 aromatic heterocycles. The molecule has 0 saturated carbocycles. The Bertz CT molecular complexity index is 1180. The summed E-state index contributed by atoms with van der Waals surface area (Å²) < 4.78 is 29.1. The Labute approximate surface area is 182 Å². The van der Waals surface area contributed by atoms with Crippen molar-refractivity contribution in [2.24, 2.45) is 0 Å². The Hall–Kier alpha value is -2.47. The summed E-state index contributed by atoms with van der Waals surface area (Å²) in [6.07, 6.45) is 1.64. The van der Waals surface area contributed by atoms with Crippen LogP contribution in [0, 0.1) is 6.92 Å². The zero-order valence-corrected chi connectivity index (χ0v) is 18.5. The van der Waals surface area contributed by atoms with Crippen molar-refractivity contribution in [1.82, 2.24) is 4.72 Å². The lowest BCUT2D eigenvalue weighted by molar-refractivity contribution is 0.573. The Morgan fingerprint density at radius 2 is 1.60 bits per heavy atom. The van der Waals surface area contributed by atoms with Crippen molar-refractivity contribution < 1.29 is 8.42 Å². The van der Waals surface area contributed by atoms with Crippen LogP contribution in [0.5, 0.6) is 0 Å². The van der Waals surface area contributed by atoms with Crippen molar-refractivity contribution in [1.29, 1.82) is 0 Å². The third-order valence-electron chi connectivity index (χ3n) is 5.28. The summed E-state index contributed by atoms with van der Waals surface area (Å²) in [6.45, 7) is 2.37. The van der Waals surface area contributed by atoms with E-state index in [1.165, 1.54) is 20.5 Å². The fourth-order valence-electron chi connectivity index (χ4n) is 3.65. The molecule has 30 heavy (non-hydrogen) atoms. The van der Waals surface area contributed by atoms with Gasteiger partial charge in [0.25, 0.3) is 0 Å². The van der Waals surface area contributed by atoms with E-state index in [4.69, 9.17) is 0 Å². The molecule has 0 radical (unpaired) electrons.